The fraction of sp³-hybridized carbons (Fsp3) is 0.591. The smallest absolute Gasteiger partial charge is 0.217 e. The summed E-state index contributed by atoms with van der Waals surface area (Å²) in [6.45, 7) is 7.57. The highest BCUT2D eigenvalue weighted by molar-refractivity contribution is 5.73. The molecule has 1 aromatic carbocycles. The molecule has 5 nitrogen and oxygen atoms in total. The summed E-state index contributed by atoms with van der Waals surface area (Å²) in [4.78, 5) is 14.5. The van der Waals surface area contributed by atoms with Gasteiger partial charge in [-0.25, -0.2) is 0 Å². The molecule has 2 fully saturated rings. The van der Waals surface area contributed by atoms with Gasteiger partial charge in [0.25, 0.3) is 0 Å². The molecule has 1 unspecified atom stereocenters. The van der Waals surface area contributed by atoms with E-state index >= 15 is 0 Å². The fourth-order valence-electron chi connectivity index (χ4n) is 6.58. The van der Waals surface area contributed by atoms with Crippen molar-refractivity contribution >= 4 is 5.91 Å². The molecule has 1 amide bonds. The zero-order valence-electron chi connectivity index (χ0n) is 16.2. The van der Waals surface area contributed by atoms with E-state index in [0.717, 1.165) is 50.3 Å². The van der Waals surface area contributed by atoms with Crippen molar-refractivity contribution in [3.8, 4) is 11.5 Å². The van der Waals surface area contributed by atoms with Gasteiger partial charge in [-0.2, -0.15) is 0 Å². The molecule has 5 heteroatoms. The van der Waals surface area contributed by atoms with Gasteiger partial charge in [0.1, 0.15) is 6.10 Å². The number of hydrogen-bond donors (Lipinski definition) is 1. The molecule has 2 aliphatic heterocycles. The SMILES string of the molecule is C=CCN1CC[C@@]23c4c5ccc(OC)c4O[C@@H]2C(NC(C)=O)CC[C@@H]3[C@@H]1C5. The molecule has 27 heavy (non-hydrogen) atoms. The van der Waals surface area contributed by atoms with E-state index in [9.17, 15) is 4.79 Å². The molecule has 1 spiro atoms. The van der Waals surface area contributed by atoms with Crippen molar-refractivity contribution in [3.05, 3.63) is 35.9 Å². The number of ether oxygens (including phenoxy) is 2. The van der Waals surface area contributed by atoms with Crippen molar-refractivity contribution in [2.24, 2.45) is 5.92 Å². The third kappa shape index (κ3) is 2.18. The lowest BCUT2D eigenvalue weighted by Crippen LogP contribution is -2.68. The van der Waals surface area contributed by atoms with Gasteiger partial charge in [-0.1, -0.05) is 12.1 Å². The van der Waals surface area contributed by atoms with Crippen molar-refractivity contribution in [2.75, 3.05) is 20.2 Å². The Labute approximate surface area is 160 Å². The molecule has 144 valence electrons. The van der Waals surface area contributed by atoms with E-state index in [4.69, 9.17) is 9.47 Å². The van der Waals surface area contributed by atoms with E-state index in [1.165, 1.54) is 11.1 Å². The lowest BCUT2D eigenvalue weighted by atomic mass is 9.51. The first kappa shape index (κ1) is 17.1. The van der Waals surface area contributed by atoms with Gasteiger partial charge in [-0.15, -0.1) is 6.58 Å². The highest BCUT2D eigenvalue weighted by atomic mass is 16.5. The Hall–Kier alpha value is -2.01. The normalized spacial score (nSPS) is 35.8. The summed E-state index contributed by atoms with van der Waals surface area (Å²) in [6.07, 6.45) is 6.25. The molecular weight excluding hydrogens is 340 g/mol. The first-order chi connectivity index (χ1) is 13.1. The molecular formula is C22H28N2O3. The first-order valence-electron chi connectivity index (χ1n) is 10.1. The van der Waals surface area contributed by atoms with Gasteiger partial charge < -0.3 is 14.8 Å². The molecule has 2 aliphatic carbocycles. The van der Waals surface area contributed by atoms with Crippen molar-refractivity contribution in [2.45, 2.75) is 56.2 Å². The van der Waals surface area contributed by atoms with Gasteiger partial charge in [0.2, 0.25) is 5.91 Å². The number of methoxy groups -OCH3 is 1. The highest BCUT2D eigenvalue weighted by Crippen LogP contribution is 2.63. The van der Waals surface area contributed by atoms with Crippen LogP contribution >= 0.6 is 0 Å². The van der Waals surface area contributed by atoms with E-state index < -0.39 is 0 Å². The number of piperidine rings is 1. The van der Waals surface area contributed by atoms with E-state index in [1.54, 1.807) is 14.0 Å². The first-order valence-corrected chi connectivity index (χ1v) is 10.1. The molecule has 5 atom stereocenters. The Balaban J connectivity index is 1.67. The minimum Gasteiger partial charge on any atom is -0.493 e. The Kier molecular flexibility index (Phi) is 3.80. The van der Waals surface area contributed by atoms with Gasteiger partial charge in [0.05, 0.1) is 13.2 Å². The Morgan fingerprint density at radius 1 is 1.48 bits per heavy atom. The van der Waals surface area contributed by atoms with Crippen LogP contribution in [0.1, 0.15) is 37.3 Å². The summed E-state index contributed by atoms with van der Waals surface area (Å²) in [6, 6.07) is 4.86. The summed E-state index contributed by atoms with van der Waals surface area (Å²) in [5, 5.41) is 3.19. The van der Waals surface area contributed by atoms with Crippen LogP contribution < -0.4 is 14.8 Å². The molecule has 1 N–H and O–H groups in total. The number of carbonyl (C=O) groups is 1. The van der Waals surface area contributed by atoms with Gasteiger partial charge in [-0.3, -0.25) is 9.69 Å². The van der Waals surface area contributed by atoms with Crippen LogP contribution in [0.2, 0.25) is 0 Å². The van der Waals surface area contributed by atoms with Crippen LogP contribution in [0.15, 0.2) is 24.8 Å². The molecule has 0 aromatic heterocycles. The minimum atomic E-state index is -0.00877. The number of nitrogens with zero attached hydrogens (tertiary/aromatic N) is 1. The van der Waals surface area contributed by atoms with Crippen molar-refractivity contribution in [3.63, 3.8) is 0 Å². The predicted molar refractivity (Wildman–Crippen MR) is 103 cm³/mol. The Morgan fingerprint density at radius 3 is 3.07 bits per heavy atom. The summed E-state index contributed by atoms with van der Waals surface area (Å²) in [5.74, 6) is 2.34. The van der Waals surface area contributed by atoms with Crippen molar-refractivity contribution in [1.29, 1.82) is 0 Å². The van der Waals surface area contributed by atoms with Gasteiger partial charge >= 0.3 is 0 Å². The average molecular weight is 368 g/mol. The monoisotopic (exact) mass is 368 g/mol. The van der Waals surface area contributed by atoms with Crippen LogP contribution in [0.3, 0.4) is 0 Å². The molecule has 1 aromatic rings. The zero-order chi connectivity index (χ0) is 18.8. The van der Waals surface area contributed by atoms with Crippen LogP contribution in [-0.2, 0) is 16.6 Å². The number of nitrogens with one attached hydrogen (secondary N) is 1. The third-order valence-electron chi connectivity index (χ3n) is 7.39. The summed E-state index contributed by atoms with van der Waals surface area (Å²) in [5.41, 5.74) is 2.76. The van der Waals surface area contributed by atoms with Gasteiger partial charge in [-0.05, 0) is 49.8 Å². The van der Waals surface area contributed by atoms with E-state index in [2.05, 4.69) is 22.9 Å². The quantitative estimate of drug-likeness (QED) is 0.830. The summed E-state index contributed by atoms with van der Waals surface area (Å²) in [7, 11) is 1.71. The number of hydrogen-bond acceptors (Lipinski definition) is 4. The van der Waals surface area contributed by atoms with Gasteiger partial charge in [0.15, 0.2) is 11.5 Å². The molecule has 2 heterocycles. The second-order valence-corrected chi connectivity index (χ2v) is 8.51. The number of benzene rings is 1. The lowest BCUT2D eigenvalue weighted by Gasteiger charge is -2.59. The topological polar surface area (TPSA) is 50.8 Å². The van der Waals surface area contributed by atoms with Crippen molar-refractivity contribution in [1.82, 2.24) is 10.2 Å². The average Bonchev–Trinajstić information content (AvgIpc) is 2.99. The molecule has 5 rings (SSSR count). The maximum atomic E-state index is 11.9. The summed E-state index contributed by atoms with van der Waals surface area (Å²) < 4.78 is 12.3. The minimum absolute atomic E-state index is 0.00104. The number of rotatable bonds is 4. The van der Waals surface area contributed by atoms with E-state index in [1.807, 2.05) is 12.1 Å². The largest absolute Gasteiger partial charge is 0.493 e. The standard InChI is InChI=1S/C22H28N2O3/c1-4-10-24-11-9-22-15-6-7-16(23-13(2)25)21(22)27-20-18(26-3)8-5-14(19(20)22)12-17(15)24/h4-5,8,15-17,21H,1,6-7,9-12H2,2-3H3,(H,23,25)/t15-,16?,17+,21-,22-/m1/s1. The molecule has 4 aliphatic rings. The maximum Gasteiger partial charge on any atom is 0.217 e. The summed E-state index contributed by atoms with van der Waals surface area (Å²) >= 11 is 0. The second kappa shape index (κ2) is 5.99. The number of carbonyl (C=O) groups excluding carboxylic acids is 1. The Morgan fingerprint density at radius 2 is 2.33 bits per heavy atom. The third-order valence-corrected chi connectivity index (χ3v) is 7.39. The second-order valence-electron chi connectivity index (χ2n) is 8.51. The zero-order valence-corrected chi connectivity index (χ0v) is 16.2. The van der Waals surface area contributed by atoms with Crippen LogP contribution in [0.4, 0.5) is 0 Å². The molecule has 1 saturated carbocycles. The van der Waals surface area contributed by atoms with Crippen LogP contribution in [0, 0.1) is 5.92 Å². The lowest BCUT2D eigenvalue weighted by molar-refractivity contribution is -0.122. The number of amides is 1. The van der Waals surface area contributed by atoms with Crippen LogP contribution in [-0.4, -0.2) is 49.2 Å². The number of likely N-dealkylation sites (tertiary alicyclic amines) is 1. The molecule has 0 radical (unpaired) electrons. The van der Waals surface area contributed by atoms with Crippen LogP contribution in [0.25, 0.3) is 0 Å². The maximum absolute atomic E-state index is 11.9. The fourth-order valence-corrected chi connectivity index (χ4v) is 6.58. The highest BCUT2D eigenvalue weighted by Gasteiger charge is 2.65. The van der Waals surface area contributed by atoms with Crippen LogP contribution in [0.5, 0.6) is 11.5 Å². The van der Waals surface area contributed by atoms with Gasteiger partial charge in [0, 0.05) is 30.5 Å². The van der Waals surface area contributed by atoms with E-state index in [0.29, 0.717) is 12.0 Å². The predicted octanol–water partition coefficient (Wildman–Crippen LogP) is 2.43. The molecule has 2 bridgehead atoms. The Bertz CT molecular complexity index is 807. The van der Waals surface area contributed by atoms with E-state index in [-0.39, 0.29) is 23.5 Å². The van der Waals surface area contributed by atoms with Crippen molar-refractivity contribution < 1.29 is 14.3 Å². The molecule has 1 saturated heterocycles.